The number of methoxy groups -OCH3 is 1. The highest BCUT2D eigenvalue weighted by Crippen LogP contribution is 2.10. The van der Waals surface area contributed by atoms with Crippen LogP contribution in [0.2, 0.25) is 0 Å². The number of ether oxygens (including phenoxy) is 1. The fraction of sp³-hybridized carbons (Fsp3) is 0.417. The minimum Gasteiger partial charge on any atom is -0.481 e. The third-order valence-corrected chi connectivity index (χ3v) is 2.41. The van der Waals surface area contributed by atoms with Crippen LogP contribution in [0.4, 0.5) is 0 Å². The highest BCUT2D eigenvalue weighted by atomic mass is 16.5. The molecule has 0 saturated heterocycles. The number of pyridine rings is 1. The Morgan fingerprint density at radius 1 is 1.39 bits per heavy atom. The SMILES string of the molecule is CCNCc1nc(Cc2ccc(OC)nc2)no1. The lowest BCUT2D eigenvalue weighted by Crippen LogP contribution is -2.11. The van der Waals surface area contributed by atoms with E-state index in [0.29, 0.717) is 30.6 Å². The fourth-order valence-corrected chi connectivity index (χ4v) is 1.48. The van der Waals surface area contributed by atoms with E-state index in [2.05, 4.69) is 20.4 Å². The maximum Gasteiger partial charge on any atom is 0.240 e. The Kier molecular flexibility index (Phi) is 4.25. The van der Waals surface area contributed by atoms with Crippen LogP contribution in [0.25, 0.3) is 0 Å². The van der Waals surface area contributed by atoms with Crippen molar-refractivity contribution in [3.8, 4) is 5.88 Å². The summed E-state index contributed by atoms with van der Waals surface area (Å²) < 4.78 is 10.1. The van der Waals surface area contributed by atoms with E-state index in [1.807, 2.05) is 19.1 Å². The van der Waals surface area contributed by atoms with Crippen molar-refractivity contribution in [3.63, 3.8) is 0 Å². The average molecular weight is 248 g/mol. The van der Waals surface area contributed by atoms with E-state index in [1.165, 1.54) is 0 Å². The van der Waals surface area contributed by atoms with Crippen LogP contribution in [0.5, 0.6) is 5.88 Å². The second-order valence-electron chi connectivity index (χ2n) is 3.77. The van der Waals surface area contributed by atoms with Gasteiger partial charge in [-0.2, -0.15) is 4.98 Å². The highest BCUT2D eigenvalue weighted by Gasteiger charge is 2.06. The Morgan fingerprint density at radius 2 is 2.28 bits per heavy atom. The van der Waals surface area contributed by atoms with E-state index in [-0.39, 0.29) is 0 Å². The summed E-state index contributed by atoms with van der Waals surface area (Å²) in [6, 6.07) is 3.75. The maximum atomic E-state index is 5.12. The first kappa shape index (κ1) is 12.5. The topological polar surface area (TPSA) is 73.1 Å². The molecule has 6 nitrogen and oxygen atoms in total. The Labute approximate surface area is 105 Å². The minimum atomic E-state index is 0.597. The Balaban J connectivity index is 1.97. The van der Waals surface area contributed by atoms with Gasteiger partial charge in [0.2, 0.25) is 11.8 Å². The molecule has 0 spiro atoms. The molecule has 96 valence electrons. The number of rotatable bonds is 6. The molecule has 2 heterocycles. The molecule has 2 aromatic rings. The Hall–Kier alpha value is -1.95. The number of hydrogen-bond acceptors (Lipinski definition) is 6. The number of hydrogen-bond donors (Lipinski definition) is 1. The van der Waals surface area contributed by atoms with Crippen LogP contribution in [-0.2, 0) is 13.0 Å². The highest BCUT2D eigenvalue weighted by molar-refractivity contribution is 5.20. The first-order chi connectivity index (χ1) is 8.81. The zero-order valence-corrected chi connectivity index (χ0v) is 10.5. The van der Waals surface area contributed by atoms with Gasteiger partial charge in [-0.05, 0) is 12.1 Å². The van der Waals surface area contributed by atoms with Gasteiger partial charge in [0.15, 0.2) is 5.82 Å². The molecule has 0 atom stereocenters. The van der Waals surface area contributed by atoms with Crippen molar-refractivity contribution in [2.45, 2.75) is 19.9 Å². The summed E-state index contributed by atoms with van der Waals surface area (Å²) in [5.74, 6) is 1.86. The van der Waals surface area contributed by atoms with E-state index in [9.17, 15) is 0 Å². The molecule has 0 aliphatic carbocycles. The van der Waals surface area contributed by atoms with Crippen molar-refractivity contribution in [1.29, 1.82) is 0 Å². The smallest absolute Gasteiger partial charge is 0.240 e. The molecule has 0 bridgehead atoms. The summed E-state index contributed by atoms with van der Waals surface area (Å²) in [7, 11) is 1.59. The van der Waals surface area contributed by atoms with Crippen LogP contribution in [0, 0.1) is 0 Å². The predicted octanol–water partition coefficient (Wildman–Crippen LogP) is 1.17. The van der Waals surface area contributed by atoms with Crippen molar-refractivity contribution in [1.82, 2.24) is 20.4 Å². The average Bonchev–Trinajstić information content (AvgIpc) is 2.85. The van der Waals surface area contributed by atoms with E-state index >= 15 is 0 Å². The Morgan fingerprint density at radius 3 is 2.94 bits per heavy atom. The summed E-state index contributed by atoms with van der Waals surface area (Å²) in [5, 5.41) is 7.05. The molecular formula is C12H16N4O2. The van der Waals surface area contributed by atoms with Crippen LogP contribution in [-0.4, -0.2) is 28.8 Å². The van der Waals surface area contributed by atoms with Gasteiger partial charge in [-0.15, -0.1) is 0 Å². The van der Waals surface area contributed by atoms with Gasteiger partial charge >= 0.3 is 0 Å². The summed E-state index contributed by atoms with van der Waals surface area (Å²) >= 11 is 0. The lowest BCUT2D eigenvalue weighted by atomic mass is 10.2. The lowest BCUT2D eigenvalue weighted by Gasteiger charge is -1.99. The van der Waals surface area contributed by atoms with Gasteiger partial charge in [0.05, 0.1) is 13.7 Å². The van der Waals surface area contributed by atoms with Gasteiger partial charge in [-0.25, -0.2) is 4.98 Å². The van der Waals surface area contributed by atoms with E-state index < -0.39 is 0 Å². The molecular weight excluding hydrogens is 232 g/mol. The first-order valence-electron chi connectivity index (χ1n) is 5.83. The molecule has 2 aromatic heterocycles. The molecule has 2 rings (SSSR count). The van der Waals surface area contributed by atoms with Crippen molar-refractivity contribution in [3.05, 3.63) is 35.6 Å². The molecule has 0 unspecified atom stereocenters. The zero-order valence-electron chi connectivity index (χ0n) is 10.5. The van der Waals surface area contributed by atoms with Crippen LogP contribution in [0.3, 0.4) is 0 Å². The second kappa shape index (κ2) is 6.11. The zero-order chi connectivity index (χ0) is 12.8. The maximum absolute atomic E-state index is 5.12. The van der Waals surface area contributed by atoms with Gasteiger partial charge in [-0.1, -0.05) is 18.1 Å². The van der Waals surface area contributed by atoms with Crippen molar-refractivity contribution in [2.75, 3.05) is 13.7 Å². The van der Waals surface area contributed by atoms with E-state index in [4.69, 9.17) is 9.26 Å². The largest absolute Gasteiger partial charge is 0.481 e. The molecule has 18 heavy (non-hydrogen) atoms. The van der Waals surface area contributed by atoms with Crippen LogP contribution in [0.1, 0.15) is 24.2 Å². The quantitative estimate of drug-likeness (QED) is 0.827. The lowest BCUT2D eigenvalue weighted by molar-refractivity contribution is 0.365. The molecule has 6 heteroatoms. The van der Waals surface area contributed by atoms with Gasteiger partial charge < -0.3 is 14.6 Å². The molecule has 1 N–H and O–H groups in total. The van der Waals surface area contributed by atoms with Gasteiger partial charge in [0.1, 0.15) is 0 Å². The molecule has 0 aliphatic heterocycles. The number of aromatic nitrogens is 3. The standard InChI is InChI=1S/C12H16N4O2/c1-3-13-8-12-15-10(16-18-12)6-9-4-5-11(17-2)14-7-9/h4-5,7,13H,3,6,8H2,1-2H3. The second-order valence-corrected chi connectivity index (χ2v) is 3.77. The molecule has 0 amide bonds. The summed E-state index contributed by atoms with van der Waals surface area (Å²) in [5.41, 5.74) is 1.02. The molecule has 0 fully saturated rings. The van der Waals surface area contributed by atoms with Gasteiger partial charge in [-0.3, -0.25) is 0 Å². The van der Waals surface area contributed by atoms with Crippen LogP contribution in [0.15, 0.2) is 22.9 Å². The van der Waals surface area contributed by atoms with Gasteiger partial charge in [0, 0.05) is 18.7 Å². The summed E-state index contributed by atoms with van der Waals surface area (Å²) in [6.45, 7) is 3.50. The van der Waals surface area contributed by atoms with E-state index in [1.54, 1.807) is 13.3 Å². The third-order valence-electron chi connectivity index (χ3n) is 2.41. The first-order valence-corrected chi connectivity index (χ1v) is 5.83. The predicted molar refractivity (Wildman–Crippen MR) is 65.3 cm³/mol. The normalized spacial score (nSPS) is 10.6. The third kappa shape index (κ3) is 3.27. The summed E-state index contributed by atoms with van der Waals surface area (Å²) in [4.78, 5) is 8.42. The Bertz CT molecular complexity index is 481. The molecule has 0 aromatic carbocycles. The number of nitrogens with one attached hydrogen (secondary N) is 1. The molecule has 0 radical (unpaired) electrons. The monoisotopic (exact) mass is 248 g/mol. The van der Waals surface area contributed by atoms with Crippen LogP contribution < -0.4 is 10.1 Å². The molecule has 0 saturated carbocycles. The van der Waals surface area contributed by atoms with Crippen molar-refractivity contribution in [2.24, 2.45) is 0 Å². The summed E-state index contributed by atoms with van der Waals surface area (Å²) in [6.07, 6.45) is 2.35. The fourth-order valence-electron chi connectivity index (χ4n) is 1.48. The van der Waals surface area contributed by atoms with Crippen LogP contribution >= 0.6 is 0 Å². The van der Waals surface area contributed by atoms with Crippen molar-refractivity contribution < 1.29 is 9.26 Å². The number of nitrogens with zero attached hydrogens (tertiary/aromatic N) is 3. The minimum absolute atomic E-state index is 0.597. The van der Waals surface area contributed by atoms with E-state index in [0.717, 1.165) is 12.1 Å². The van der Waals surface area contributed by atoms with Crippen molar-refractivity contribution >= 4 is 0 Å². The molecule has 0 aliphatic rings. The van der Waals surface area contributed by atoms with Gasteiger partial charge in [0.25, 0.3) is 0 Å².